The van der Waals surface area contributed by atoms with Crippen molar-refractivity contribution in [1.82, 2.24) is 24.1 Å². The molecule has 1 aliphatic heterocycles. The summed E-state index contributed by atoms with van der Waals surface area (Å²) < 4.78 is 9.76. The van der Waals surface area contributed by atoms with E-state index in [1.165, 1.54) is 5.56 Å². The molecule has 130 valence electrons. The van der Waals surface area contributed by atoms with Gasteiger partial charge >= 0.3 is 0 Å². The van der Waals surface area contributed by atoms with E-state index in [1.807, 2.05) is 49.1 Å². The van der Waals surface area contributed by atoms with Crippen LogP contribution in [-0.4, -0.2) is 30.3 Å². The van der Waals surface area contributed by atoms with Crippen LogP contribution in [0.4, 0.5) is 0 Å². The van der Waals surface area contributed by atoms with Crippen LogP contribution in [0.3, 0.4) is 0 Å². The molecule has 0 radical (unpaired) electrons. The highest BCUT2D eigenvalue weighted by molar-refractivity contribution is 5.74. The molecule has 0 saturated carbocycles. The quantitative estimate of drug-likeness (QED) is 0.558. The molecule has 0 N–H and O–H groups in total. The predicted molar refractivity (Wildman–Crippen MR) is 98.8 cm³/mol. The van der Waals surface area contributed by atoms with E-state index in [2.05, 4.69) is 38.7 Å². The lowest BCUT2D eigenvalue weighted by molar-refractivity contribution is 0.254. The van der Waals surface area contributed by atoms with Crippen LogP contribution in [0.15, 0.2) is 42.9 Å². The molecule has 6 nitrogen and oxygen atoms in total. The normalized spacial score (nSPS) is 16.0. The van der Waals surface area contributed by atoms with E-state index in [1.54, 1.807) is 0 Å². The van der Waals surface area contributed by atoms with Gasteiger partial charge in [0.1, 0.15) is 17.7 Å². The summed E-state index contributed by atoms with van der Waals surface area (Å²) in [6.45, 7) is 6.13. The number of imidazole rings is 1. The first-order chi connectivity index (χ1) is 12.6. The van der Waals surface area contributed by atoms with E-state index in [9.17, 15) is 0 Å². The van der Waals surface area contributed by atoms with Gasteiger partial charge in [0, 0.05) is 35.9 Å². The molecule has 0 bridgehead atoms. The maximum absolute atomic E-state index is 5.82. The first-order valence-electron chi connectivity index (χ1n) is 8.76. The Kier molecular flexibility index (Phi) is 3.16. The lowest BCUT2D eigenvalue weighted by Gasteiger charge is -2.09. The lowest BCUT2D eigenvalue weighted by atomic mass is 10.1. The second-order valence-corrected chi connectivity index (χ2v) is 6.88. The van der Waals surface area contributed by atoms with E-state index in [4.69, 9.17) is 4.74 Å². The topological polar surface area (TPSA) is 57.2 Å². The predicted octanol–water partition coefficient (Wildman–Crippen LogP) is 3.52. The van der Waals surface area contributed by atoms with Crippen LogP contribution >= 0.6 is 0 Å². The molecule has 1 aromatic carbocycles. The molecule has 0 amide bonds. The summed E-state index contributed by atoms with van der Waals surface area (Å²) in [6, 6.07) is 8.32. The van der Waals surface area contributed by atoms with Crippen molar-refractivity contribution < 1.29 is 4.74 Å². The summed E-state index contributed by atoms with van der Waals surface area (Å²) >= 11 is 0. The molecule has 1 unspecified atom stereocenters. The fourth-order valence-electron chi connectivity index (χ4n) is 3.70. The molecule has 4 aromatic rings. The first kappa shape index (κ1) is 15.1. The number of aryl methyl sites for hydroxylation is 2. The highest BCUT2D eigenvalue weighted by Gasteiger charge is 2.21. The first-order valence-corrected chi connectivity index (χ1v) is 8.76. The molecule has 4 heterocycles. The van der Waals surface area contributed by atoms with Crippen LogP contribution < -0.4 is 4.74 Å². The molecular formula is C20H19N5O. The Bertz CT molecular complexity index is 1140. The maximum Gasteiger partial charge on any atom is 0.166 e. The van der Waals surface area contributed by atoms with Gasteiger partial charge in [-0.25, -0.2) is 14.5 Å². The molecule has 0 aliphatic carbocycles. The fraction of sp³-hybridized carbons (Fsp3) is 0.250. The Morgan fingerprint density at radius 1 is 1.19 bits per heavy atom. The summed E-state index contributed by atoms with van der Waals surface area (Å²) in [5, 5.41) is 4.50. The number of hydrogen-bond donors (Lipinski definition) is 0. The van der Waals surface area contributed by atoms with Gasteiger partial charge < -0.3 is 4.74 Å². The number of hydrogen-bond acceptors (Lipinski definition) is 4. The van der Waals surface area contributed by atoms with E-state index < -0.39 is 0 Å². The van der Waals surface area contributed by atoms with Gasteiger partial charge in [0.05, 0.1) is 11.8 Å². The lowest BCUT2D eigenvalue weighted by Crippen LogP contribution is -2.05. The number of ether oxygens (including phenoxy) is 1. The average molecular weight is 345 g/mol. The van der Waals surface area contributed by atoms with Crippen LogP contribution in [0.2, 0.25) is 0 Å². The van der Waals surface area contributed by atoms with Crippen molar-refractivity contribution in [2.24, 2.45) is 0 Å². The molecule has 0 fully saturated rings. The molecule has 3 aromatic heterocycles. The summed E-state index contributed by atoms with van der Waals surface area (Å²) in [4.78, 5) is 9.27. The molecular weight excluding hydrogens is 326 g/mol. The Morgan fingerprint density at radius 2 is 2.08 bits per heavy atom. The summed E-state index contributed by atoms with van der Waals surface area (Å²) in [6.07, 6.45) is 6.80. The standard InChI is InChI=1S/C20H19N5O/c1-12-8-13(2)25-20(23-12)17(11-22-25)19-21-6-7-24(19)16-4-5-18-15(10-16)9-14(3)26-18/h4-8,10-11,14H,9H2,1-3H3. The molecule has 1 atom stereocenters. The van der Waals surface area contributed by atoms with Gasteiger partial charge in [0.15, 0.2) is 5.65 Å². The molecule has 6 heteroatoms. The Balaban J connectivity index is 1.66. The van der Waals surface area contributed by atoms with Crippen LogP contribution in [0.1, 0.15) is 23.9 Å². The second-order valence-electron chi connectivity index (χ2n) is 6.88. The molecule has 5 rings (SSSR count). The zero-order chi connectivity index (χ0) is 17.8. The number of rotatable bonds is 2. The van der Waals surface area contributed by atoms with Crippen LogP contribution in [-0.2, 0) is 6.42 Å². The summed E-state index contributed by atoms with van der Waals surface area (Å²) in [5.41, 5.74) is 6.08. The Hall–Kier alpha value is -3.15. The number of nitrogens with zero attached hydrogens (tertiary/aromatic N) is 5. The Morgan fingerprint density at radius 3 is 2.96 bits per heavy atom. The van der Waals surface area contributed by atoms with Gasteiger partial charge in [-0.3, -0.25) is 4.57 Å². The van der Waals surface area contributed by atoms with Gasteiger partial charge in [-0.1, -0.05) is 0 Å². The minimum Gasteiger partial charge on any atom is -0.490 e. The minimum absolute atomic E-state index is 0.234. The SMILES string of the molecule is Cc1cc(C)n2ncc(-c3nccn3-c3ccc4c(c3)CC(C)O4)c2n1. The number of aromatic nitrogens is 5. The van der Waals surface area contributed by atoms with Gasteiger partial charge in [0.2, 0.25) is 0 Å². The van der Waals surface area contributed by atoms with E-state index in [0.717, 1.165) is 46.3 Å². The zero-order valence-corrected chi connectivity index (χ0v) is 15.0. The van der Waals surface area contributed by atoms with Crippen LogP contribution in [0, 0.1) is 13.8 Å². The third-order valence-electron chi connectivity index (χ3n) is 4.82. The second kappa shape index (κ2) is 5.42. The summed E-state index contributed by atoms with van der Waals surface area (Å²) in [5.74, 6) is 1.82. The average Bonchev–Trinajstić information content (AvgIpc) is 3.29. The number of benzene rings is 1. The molecule has 0 saturated heterocycles. The largest absolute Gasteiger partial charge is 0.490 e. The van der Waals surface area contributed by atoms with Crippen molar-refractivity contribution in [2.45, 2.75) is 33.3 Å². The highest BCUT2D eigenvalue weighted by atomic mass is 16.5. The smallest absolute Gasteiger partial charge is 0.166 e. The molecule has 0 spiro atoms. The van der Waals surface area contributed by atoms with Gasteiger partial charge in [-0.15, -0.1) is 0 Å². The van der Waals surface area contributed by atoms with E-state index in [-0.39, 0.29) is 6.10 Å². The summed E-state index contributed by atoms with van der Waals surface area (Å²) in [7, 11) is 0. The van der Waals surface area contributed by atoms with E-state index >= 15 is 0 Å². The van der Waals surface area contributed by atoms with Gasteiger partial charge in [-0.05, 0) is 50.6 Å². The third kappa shape index (κ3) is 2.22. The van der Waals surface area contributed by atoms with Crippen LogP contribution in [0.25, 0.3) is 22.7 Å². The zero-order valence-electron chi connectivity index (χ0n) is 15.0. The van der Waals surface area contributed by atoms with Crippen molar-refractivity contribution in [3.63, 3.8) is 0 Å². The molecule has 26 heavy (non-hydrogen) atoms. The fourth-order valence-corrected chi connectivity index (χ4v) is 3.70. The molecule has 1 aliphatic rings. The van der Waals surface area contributed by atoms with E-state index in [0.29, 0.717) is 0 Å². The van der Waals surface area contributed by atoms with Crippen molar-refractivity contribution in [2.75, 3.05) is 0 Å². The van der Waals surface area contributed by atoms with Crippen molar-refractivity contribution in [1.29, 1.82) is 0 Å². The van der Waals surface area contributed by atoms with Crippen LogP contribution in [0.5, 0.6) is 5.75 Å². The highest BCUT2D eigenvalue weighted by Crippen LogP contribution is 2.32. The van der Waals surface area contributed by atoms with Gasteiger partial charge in [0.25, 0.3) is 0 Å². The minimum atomic E-state index is 0.234. The van der Waals surface area contributed by atoms with Crippen molar-refractivity contribution in [3.05, 3.63) is 59.8 Å². The Labute approximate surface area is 151 Å². The van der Waals surface area contributed by atoms with Crippen molar-refractivity contribution in [3.8, 4) is 22.8 Å². The third-order valence-corrected chi connectivity index (χ3v) is 4.82. The monoisotopic (exact) mass is 345 g/mol. The van der Waals surface area contributed by atoms with Gasteiger partial charge in [-0.2, -0.15) is 5.10 Å². The maximum atomic E-state index is 5.82. The van der Waals surface area contributed by atoms with Crippen molar-refractivity contribution >= 4 is 5.65 Å². The number of fused-ring (bicyclic) bond motifs is 2.